The quantitative estimate of drug-likeness (QED) is 0.679. The number of methoxy groups -OCH3 is 1. The highest BCUT2D eigenvalue weighted by atomic mass is 16.5. The third kappa shape index (κ3) is 4.45. The zero-order chi connectivity index (χ0) is 16.7. The van der Waals surface area contributed by atoms with Crippen molar-refractivity contribution in [2.24, 2.45) is 0 Å². The highest BCUT2D eigenvalue weighted by molar-refractivity contribution is 6.01. The van der Waals surface area contributed by atoms with E-state index in [9.17, 15) is 10.1 Å². The molecule has 4 nitrogen and oxygen atoms in total. The zero-order valence-electron chi connectivity index (χ0n) is 13.1. The standard InChI is InChI=1S/C19H18N2O2/c1-14(16-6-4-3-5-7-16)21-19(22)17(13-20)12-15-8-10-18(23-2)11-9-15/h3-12,14H,1-2H3,(H,21,22)/b17-12+. The van der Waals surface area contributed by atoms with Crippen LogP contribution in [0, 0.1) is 11.3 Å². The van der Waals surface area contributed by atoms with E-state index in [2.05, 4.69) is 5.32 Å². The molecule has 4 heteroatoms. The van der Waals surface area contributed by atoms with Gasteiger partial charge in [0, 0.05) is 0 Å². The fourth-order valence-electron chi connectivity index (χ4n) is 2.11. The van der Waals surface area contributed by atoms with Crippen LogP contribution in [0.2, 0.25) is 0 Å². The summed E-state index contributed by atoms with van der Waals surface area (Å²) in [6, 6.07) is 18.6. The van der Waals surface area contributed by atoms with Gasteiger partial charge in [0.15, 0.2) is 0 Å². The Morgan fingerprint density at radius 2 is 1.83 bits per heavy atom. The smallest absolute Gasteiger partial charge is 0.262 e. The summed E-state index contributed by atoms with van der Waals surface area (Å²) >= 11 is 0. The molecule has 1 N–H and O–H groups in total. The number of nitrogens with one attached hydrogen (secondary N) is 1. The predicted octanol–water partition coefficient (Wildman–Crippen LogP) is 3.48. The number of nitrogens with zero attached hydrogens (tertiary/aromatic N) is 1. The van der Waals surface area contributed by atoms with E-state index in [-0.39, 0.29) is 17.5 Å². The van der Waals surface area contributed by atoms with Gasteiger partial charge in [0.2, 0.25) is 0 Å². The average Bonchev–Trinajstić information content (AvgIpc) is 2.60. The molecule has 0 heterocycles. The van der Waals surface area contributed by atoms with Crippen molar-refractivity contribution >= 4 is 12.0 Å². The molecule has 0 aromatic heterocycles. The molecule has 1 amide bonds. The van der Waals surface area contributed by atoms with E-state index >= 15 is 0 Å². The van der Waals surface area contributed by atoms with E-state index < -0.39 is 0 Å². The number of benzene rings is 2. The Bertz CT molecular complexity index is 728. The highest BCUT2D eigenvalue weighted by Crippen LogP contribution is 2.15. The van der Waals surface area contributed by atoms with E-state index in [4.69, 9.17) is 4.74 Å². The minimum absolute atomic E-state index is 0.0675. The van der Waals surface area contributed by atoms with Gasteiger partial charge in [-0.15, -0.1) is 0 Å². The lowest BCUT2D eigenvalue weighted by molar-refractivity contribution is -0.117. The summed E-state index contributed by atoms with van der Waals surface area (Å²) in [6.07, 6.45) is 1.56. The summed E-state index contributed by atoms with van der Waals surface area (Å²) in [4.78, 5) is 12.3. The lowest BCUT2D eigenvalue weighted by Gasteiger charge is -2.13. The molecule has 2 rings (SSSR count). The number of ether oxygens (including phenoxy) is 1. The second-order valence-electron chi connectivity index (χ2n) is 5.05. The van der Waals surface area contributed by atoms with Gasteiger partial charge in [0.05, 0.1) is 13.2 Å². The molecular weight excluding hydrogens is 288 g/mol. The van der Waals surface area contributed by atoms with E-state index in [0.717, 1.165) is 16.9 Å². The van der Waals surface area contributed by atoms with Crippen LogP contribution in [0.25, 0.3) is 6.08 Å². The maximum Gasteiger partial charge on any atom is 0.262 e. The molecule has 0 fully saturated rings. The maximum absolute atomic E-state index is 12.3. The van der Waals surface area contributed by atoms with Crippen LogP contribution >= 0.6 is 0 Å². The molecule has 2 aromatic carbocycles. The van der Waals surface area contributed by atoms with Gasteiger partial charge in [-0.3, -0.25) is 4.79 Å². The number of carbonyl (C=O) groups excluding carboxylic acids is 1. The molecule has 2 aromatic rings. The van der Waals surface area contributed by atoms with E-state index in [1.54, 1.807) is 37.5 Å². The van der Waals surface area contributed by atoms with E-state index in [0.29, 0.717) is 0 Å². The van der Waals surface area contributed by atoms with Gasteiger partial charge < -0.3 is 10.1 Å². The molecule has 0 aliphatic heterocycles. The number of hydrogen-bond donors (Lipinski definition) is 1. The summed E-state index contributed by atoms with van der Waals surface area (Å²) in [7, 11) is 1.59. The van der Waals surface area contributed by atoms with Crippen LogP contribution in [0.15, 0.2) is 60.2 Å². The van der Waals surface area contributed by atoms with Crippen molar-refractivity contribution in [2.45, 2.75) is 13.0 Å². The molecule has 0 spiro atoms. The third-order valence-electron chi connectivity index (χ3n) is 3.44. The molecule has 116 valence electrons. The maximum atomic E-state index is 12.3. The first-order chi connectivity index (χ1) is 11.1. The van der Waals surface area contributed by atoms with Crippen LogP contribution in [-0.4, -0.2) is 13.0 Å². The Morgan fingerprint density at radius 1 is 1.17 bits per heavy atom. The van der Waals surface area contributed by atoms with Gasteiger partial charge >= 0.3 is 0 Å². The normalized spacial score (nSPS) is 12.1. The second-order valence-corrected chi connectivity index (χ2v) is 5.05. The SMILES string of the molecule is COc1ccc(/C=C(\C#N)C(=O)NC(C)c2ccccc2)cc1. The van der Waals surface area contributed by atoms with Crippen LogP contribution in [0.4, 0.5) is 0 Å². The Labute approximate surface area is 136 Å². The topological polar surface area (TPSA) is 62.1 Å². The molecule has 0 aliphatic rings. The monoisotopic (exact) mass is 306 g/mol. The first-order valence-electron chi connectivity index (χ1n) is 7.25. The van der Waals surface area contributed by atoms with Gasteiger partial charge in [-0.05, 0) is 36.3 Å². The van der Waals surface area contributed by atoms with Crippen molar-refractivity contribution < 1.29 is 9.53 Å². The first kappa shape index (κ1) is 16.3. The summed E-state index contributed by atoms with van der Waals surface area (Å²) in [5.41, 5.74) is 1.82. The first-order valence-corrected chi connectivity index (χ1v) is 7.25. The van der Waals surface area contributed by atoms with Crippen LogP contribution in [0.1, 0.15) is 24.1 Å². The Morgan fingerprint density at radius 3 is 2.39 bits per heavy atom. The fourth-order valence-corrected chi connectivity index (χ4v) is 2.11. The number of rotatable bonds is 5. The fraction of sp³-hybridized carbons (Fsp3) is 0.158. The molecule has 1 atom stereocenters. The summed E-state index contributed by atoms with van der Waals surface area (Å²) in [6.45, 7) is 1.88. The molecule has 0 saturated carbocycles. The Hall–Kier alpha value is -3.06. The van der Waals surface area contributed by atoms with Crippen molar-refractivity contribution in [1.29, 1.82) is 5.26 Å². The van der Waals surface area contributed by atoms with Crippen LogP contribution in [0.3, 0.4) is 0 Å². The number of nitriles is 1. The molecule has 1 unspecified atom stereocenters. The molecule has 0 bridgehead atoms. The Kier molecular flexibility index (Phi) is 5.54. The lowest BCUT2D eigenvalue weighted by atomic mass is 10.1. The van der Waals surface area contributed by atoms with Crippen LogP contribution in [0.5, 0.6) is 5.75 Å². The second kappa shape index (κ2) is 7.81. The Balaban J connectivity index is 2.11. The van der Waals surface area contributed by atoms with Crippen molar-refractivity contribution in [2.75, 3.05) is 7.11 Å². The molecule has 23 heavy (non-hydrogen) atoms. The van der Waals surface area contributed by atoms with Gasteiger partial charge in [0.1, 0.15) is 17.4 Å². The van der Waals surface area contributed by atoms with Crippen molar-refractivity contribution in [1.82, 2.24) is 5.32 Å². The lowest BCUT2D eigenvalue weighted by Crippen LogP contribution is -2.27. The van der Waals surface area contributed by atoms with Gasteiger partial charge in [-0.25, -0.2) is 0 Å². The van der Waals surface area contributed by atoms with Crippen molar-refractivity contribution in [3.8, 4) is 11.8 Å². The number of amides is 1. The van der Waals surface area contributed by atoms with E-state index in [1.807, 2.05) is 43.3 Å². The van der Waals surface area contributed by atoms with Crippen LogP contribution < -0.4 is 10.1 Å². The van der Waals surface area contributed by atoms with E-state index in [1.165, 1.54) is 0 Å². The predicted molar refractivity (Wildman–Crippen MR) is 89.6 cm³/mol. The van der Waals surface area contributed by atoms with Crippen molar-refractivity contribution in [3.63, 3.8) is 0 Å². The summed E-state index contributed by atoms with van der Waals surface area (Å²) in [5.74, 6) is 0.336. The minimum atomic E-state index is -0.389. The van der Waals surface area contributed by atoms with Gasteiger partial charge in [0.25, 0.3) is 5.91 Å². The van der Waals surface area contributed by atoms with Crippen LogP contribution in [-0.2, 0) is 4.79 Å². The number of hydrogen-bond acceptors (Lipinski definition) is 3. The highest BCUT2D eigenvalue weighted by Gasteiger charge is 2.13. The zero-order valence-corrected chi connectivity index (χ0v) is 13.1. The molecular formula is C19H18N2O2. The van der Waals surface area contributed by atoms with Gasteiger partial charge in [-0.1, -0.05) is 42.5 Å². The third-order valence-corrected chi connectivity index (χ3v) is 3.44. The average molecular weight is 306 g/mol. The van der Waals surface area contributed by atoms with Gasteiger partial charge in [-0.2, -0.15) is 5.26 Å². The summed E-state index contributed by atoms with van der Waals surface area (Å²) in [5, 5.41) is 12.1. The largest absolute Gasteiger partial charge is 0.497 e. The summed E-state index contributed by atoms with van der Waals surface area (Å²) < 4.78 is 5.08. The molecule has 0 aliphatic carbocycles. The van der Waals surface area contributed by atoms with Crippen molar-refractivity contribution in [3.05, 3.63) is 71.3 Å². The minimum Gasteiger partial charge on any atom is -0.497 e. The molecule has 0 saturated heterocycles. The molecule has 0 radical (unpaired) electrons. The number of carbonyl (C=O) groups is 1.